The minimum atomic E-state index is -3.70. The summed E-state index contributed by atoms with van der Waals surface area (Å²) in [6, 6.07) is 9.75. The molecule has 3 heterocycles. The molecular formula is C28H33N3O7S. The van der Waals surface area contributed by atoms with Crippen LogP contribution in [0, 0.1) is 5.41 Å². The molecule has 1 atom stereocenters. The minimum absolute atomic E-state index is 0.103. The highest BCUT2D eigenvalue weighted by Gasteiger charge is 2.47. The van der Waals surface area contributed by atoms with E-state index in [1.165, 1.54) is 22.7 Å². The molecule has 2 aliphatic heterocycles. The van der Waals surface area contributed by atoms with Crippen molar-refractivity contribution in [2.75, 3.05) is 37.8 Å². The number of nitrogens with zero attached hydrogens (tertiary/aromatic N) is 2. The summed E-state index contributed by atoms with van der Waals surface area (Å²) in [6.07, 6.45) is 2.30. The van der Waals surface area contributed by atoms with Gasteiger partial charge in [0.15, 0.2) is 5.78 Å². The van der Waals surface area contributed by atoms with Crippen LogP contribution in [-0.4, -0.2) is 57.4 Å². The van der Waals surface area contributed by atoms with Crippen LogP contribution in [0.3, 0.4) is 0 Å². The number of anilines is 1. The number of hydrogen-bond donors (Lipinski definition) is 1. The summed E-state index contributed by atoms with van der Waals surface area (Å²) in [4.78, 5) is 28.8. The fourth-order valence-corrected chi connectivity index (χ4v) is 6.96. The number of carbonyl (C=O) groups is 2. The van der Waals surface area contributed by atoms with E-state index < -0.39 is 21.9 Å². The second kappa shape index (κ2) is 10.3. The molecule has 0 spiro atoms. The maximum atomic E-state index is 13.7. The lowest BCUT2D eigenvalue weighted by Gasteiger charge is -2.43. The monoisotopic (exact) mass is 555 g/mol. The second-order valence-electron chi connectivity index (χ2n) is 10.6. The molecule has 11 heteroatoms. The van der Waals surface area contributed by atoms with Crippen molar-refractivity contribution in [1.29, 1.82) is 0 Å². The third-order valence-electron chi connectivity index (χ3n) is 7.29. The molecule has 39 heavy (non-hydrogen) atoms. The van der Waals surface area contributed by atoms with Crippen LogP contribution in [0.5, 0.6) is 0 Å². The number of ketones is 1. The van der Waals surface area contributed by atoms with Crippen molar-refractivity contribution in [3.8, 4) is 0 Å². The van der Waals surface area contributed by atoms with Crippen LogP contribution in [0.4, 0.5) is 5.69 Å². The molecule has 1 aromatic carbocycles. The Morgan fingerprint density at radius 2 is 1.82 bits per heavy atom. The van der Waals surface area contributed by atoms with E-state index in [4.69, 9.17) is 19.6 Å². The number of allylic oxidation sites excluding steroid dienone is 2. The maximum Gasteiger partial charge on any atom is 0.338 e. The highest BCUT2D eigenvalue weighted by Crippen LogP contribution is 2.50. The largest absolute Gasteiger partial charge is 0.468 e. The molecule has 2 aromatic rings. The van der Waals surface area contributed by atoms with Gasteiger partial charge in [0.25, 0.3) is 0 Å². The van der Waals surface area contributed by atoms with Gasteiger partial charge in [-0.15, -0.1) is 0 Å². The van der Waals surface area contributed by atoms with E-state index in [1.807, 2.05) is 13.8 Å². The molecule has 0 bridgehead atoms. The minimum Gasteiger partial charge on any atom is -0.468 e. The van der Waals surface area contributed by atoms with E-state index in [2.05, 4.69) is 0 Å². The van der Waals surface area contributed by atoms with E-state index in [0.717, 1.165) is 0 Å². The lowest BCUT2D eigenvalue weighted by atomic mass is 9.69. The Labute approximate surface area is 228 Å². The number of sulfonamides is 1. The Bertz CT molecular complexity index is 1430. The molecule has 1 aromatic heterocycles. The molecular weight excluding hydrogens is 522 g/mol. The second-order valence-corrected chi connectivity index (χ2v) is 12.6. The smallest absolute Gasteiger partial charge is 0.338 e. The first-order valence-corrected chi connectivity index (χ1v) is 14.4. The van der Waals surface area contributed by atoms with E-state index in [9.17, 15) is 18.0 Å². The van der Waals surface area contributed by atoms with Gasteiger partial charge in [-0.05, 0) is 55.2 Å². The first kappa shape index (κ1) is 27.2. The fraction of sp³-hybridized carbons (Fsp3) is 0.429. The van der Waals surface area contributed by atoms with Crippen LogP contribution in [0.1, 0.15) is 45.3 Å². The van der Waals surface area contributed by atoms with Gasteiger partial charge in [0.2, 0.25) is 10.0 Å². The van der Waals surface area contributed by atoms with E-state index in [0.29, 0.717) is 48.8 Å². The van der Waals surface area contributed by atoms with Crippen molar-refractivity contribution < 1.29 is 31.9 Å². The topological polar surface area (TPSA) is 132 Å². The molecule has 208 valence electrons. The molecule has 1 fully saturated rings. The van der Waals surface area contributed by atoms with Gasteiger partial charge in [-0.3, -0.25) is 9.69 Å². The Kier molecular flexibility index (Phi) is 7.17. The number of rotatable bonds is 6. The molecule has 10 nitrogen and oxygen atoms in total. The molecule has 2 N–H and O–H groups in total. The van der Waals surface area contributed by atoms with E-state index in [-0.39, 0.29) is 47.2 Å². The summed E-state index contributed by atoms with van der Waals surface area (Å²) >= 11 is 0. The van der Waals surface area contributed by atoms with Gasteiger partial charge >= 0.3 is 5.97 Å². The lowest BCUT2D eigenvalue weighted by Crippen LogP contribution is -2.43. The zero-order valence-electron chi connectivity index (χ0n) is 22.3. The third-order valence-corrected chi connectivity index (χ3v) is 9.20. The number of Topliss-reactive ketones (excluding diaryl/α,β-unsaturated/α-hetero) is 1. The Morgan fingerprint density at radius 1 is 1.13 bits per heavy atom. The van der Waals surface area contributed by atoms with E-state index >= 15 is 0 Å². The van der Waals surface area contributed by atoms with Crippen LogP contribution in [-0.2, 0) is 29.1 Å². The highest BCUT2D eigenvalue weighted by atomic mass is 32.2. The molecule has 1 unspecified atom stereocenters. The fourth-order valence-electron chi connectivity index (χ4n) is 5.56. The summed E-state index contributed by atoms with van der Waals surface area (Å²) in [7, 11) is -3.70. The number of benzene rings is 1. The maximum absolute atomic E-state index is 13.7. The molecule has 0 radical (unpaired) electrons. The molecule has 1 aliphatic carbocycles. The first-order valence-electron chi connectivity index (χ1n) is 13.0. The van der Waals surface area contributed by atoms with Gasteiger partial charge in [0.1, 0.15) is 11.6 Å². The highest BCUT2D eigenvalue weighted by molar-refractivity contribution is 7.89. The number of esters is 1. The standard InChI is InChI=1S/C28H33N3O7S/c1-4-37-27(33)25-24(22-6-5-13-38-22)23-20(16-28(2,3)17-21(23)32)31(26(25)29)18-7-9-19(10-8-18)39(34,35)30-11-14-36-15-12-30/h5-10,13,24H,4,11-12,14-17,29H2,1-3H3. The molecule has 3 aliphatic rings. The summed E-state index contributed by atoms with van der Waals surface area (Å²) in [5, 5.41) is 0. The molecule has 5 rings (SSSR count). The van der Waals surface area contributed by atoms with Gasteiger partial charge in [-0.2, -0.15) is 4.31 Å². The van der Waals surface area contributed by atoms with Crippen molar-refractivity contribution in [3.63, 3.8) is 0 Å². The van der Waals surface area contributed by atoms with Crippen LogP contribution >= 0.6 is 0 Å². The van der Waals surface area contributed by atoms with Crippen LogP contribution < -0.4 is 10.6 Å². The zero-order chi connectivity index (χ0) is 27.9. The van der Waals surface area contributed by atoms with Gasteiger partial charge in [-0.25, -0.2) is 13.2 Å². The van der Waals surface area contributed by atoms with Crippen LogP contribution in [0.15, 0.2) is 74.6 Å². The Hall–Kier alpha value is -3.41. The number of furan rings is 1. The Morgan fingerprint density at radius 3 is 2.44 bits per heavy atom. The van der Waals surface area contributed by atoms with Gasteiger partial charge < -0.3 is 19.6 Å². The summed E-state index contributed by atoms with van der Waals surface area (Å²) in [5.41, 5.74) is 8.13. The van der Waals surface area contributed by atoms with Crippen molar-refractivity contribution in [2.24, 2.45) is 11.1 Å². The SMILES string of the molecule is CCOC(=O)C1=C(N)N(c2ccc(S(=O)(=O)N3CCOCC3)cc2)C2=C(C(=O)CC(C)(C)C2)C1c1ccco1. The van der Waals surface area contributed by atoms with Crippen LogP contribution in [0.2, 0.25) is 0 Å². The quantitative estimate of drug-likeness (QED) is 0.533. The number of carbonyl (C=O) groups excluding carboxylic acids is 2. The summed E-state index contributed by atoms with van der Waals surface area (Å²) in [5.74, 6) is -1.02. The summed E-state index contributed by atoms with van der Waals surface area (Å²) in [6.45, 7) is 7.11. The van der Waals surface area contributed by atoms with Crippen molar-refractivity contribution in [2.45, 2.75) is 44.4 Å². The zero-order valence-corrected chi connectivity index (χ0v) is 23.1. The van der Waals surface area contributed by atoms with Gasteiger partial charge in [-0.1, -0.05) is 13.8 Å². The van der Waals surface area contributed by atoms with Crippen molar-refractivity contribution >= 4 is 27.5 Å². The summed E-state index contributed by atoms with van der Waals surface area (Å²) < 4.78 is 44.1. The first-order chi connectivity index (χ1) is 18.5. The normalized spacial score (nSPS) is 22.2. The Balaban J connectivity index is 1.65. The predicted molar refractivity (Wildman–Crippen MR) is 143 cm³/mol. The van der Waals surface area contributed by atoms with E-state index in [1.54, 1.807) is 36.1 Å². The third kappa shape index (κ3) is 4.90. The average Bonchev–Trinajstić information content (AvgIpc) is 3.43. The number of morpholine rings is 1. The average molecular weight is 556 g/mol. The predicted octanol–water partition coefficient (Wildman–Crippen LogP) is 3.28. The molecule has 1 saturated heterocycles. The van der Waals surface area contributed by atoms with Gasteiger partial charge in [0.05, 0.1) is 42.5 Å². The van der Waals surface area contributed by atoms with Crippen molar-refractivity contribution in [3.05, 3.63) is 71.1 Å². The van der Waals surface area contributed by atoms with Crippen molar-refractivity contribution in [1.82, 2.24) is 4.31 Å². The molecule has 0 amide bonds. The van der Waals surface area contributed by atoms with Crippen LogP contribution in [0.25, 0.3) is 0 Å². The molecule has 0 saturated carbocycles. The lowest BCUT2D eigenvalue weighted by molar-refractivity contribution is -0.138. The van der Waals surface area contributed by atoms with Gasteiger partial charge in [0, 0.05) is 36.5 Å². The number of hydrogen-bond acceptors (Lipinski definition) is 9. The number of nitrogens with two attached hydrogens (primary N) is 1. The number of ether oxygens (including phenoxy) is 2.